The summed E-state index contributed by atoms with van der Waals surface area (Å²) >= 11 is 1.74. The molecule has 5 nitrogen and oxygen atoms in total. The van der Waals surface area contributed by atoms with E-state index in [1.807, 2.05) is 21.0 Å². The molecule has 6 heteroatoms. The predicted octanol–water partition coefficient (Wildman–Crippen LogP) is 2.19. The Morgan fingerprint density at radius 2 is 2.24 bits per heavy atom. The molecule has 1 heterocycles. The van der Waals surface area contributed by atoms with Crippen LogP contribution in [-0.4, -0.2) is 49.7 Å². The number of guanidine groups is 1. The lowest BCUT2D eigenvalue weighted by molar-refractivity contribution is 0.115. The minimum atomic E-state index is 0.756. The van der Waals surface area contributed by atoms with Gasteiger partial charge in [0.15, 0.2) is 5.96 Å². The molecule has 0 spiro atoms. The molecule has 0 amide bonds. The van der Waals surface area contributed by atoms with Gasteiger partial charge in [0, 0.05) is 32.1 Å². The third kappa shape index (κ3) is 5.28. The van der Waals surface area contributed by atoms with Crippen molar-refractivity contribution in [2.75, 3.05) is 33.9 Å². The van der Waals surface area contributed by atoms with Gasteiger partial charge in [-0.1, -0.05) is 0 Å². The predicted molar refractivity (Wildman–Crippen MR) is 88.0 cm³/mol. The third-order valence-corrected chi connectivity index (χ3v) is 4.67. The molecule has 1 saturated carbocycles. The van der Waals surface area contributed by atoms with Gasteiger partial charge in [-0.2, -0.15) is 0 Å². The lowest BCUT2D eigenvalue weighted by atomic mass is 10.4. The highest BCUT2D eigenvalue weighted by molar-refractivity contribution is 7.11. The minimum absolute atomic E-state index is 0.756. The Bertz CT molecular complexity index is 482. The maximum Gasteiger partial charge on any atom is 0.193 e. The van der Waals surface area contributed by atoms with Crippen molar-refractivity contribution in [1.29, 1.82) is 0 Å². The lowest BCUT2D eigenvalue weighted by Gasteiger charge is -2.21. The zero-order chi connectivity index (χ0) is 15.2. The fraction of sp³-hybridized carbons (Fsp3) is 0.733. The molecule has 1 aromatic heterocycles. The molecule has 1 aliphatic carbocycles. The number of hydrogen-bond acceptors (Lipinski definition) is 4. The van der Waals surface area contributed by atoms with Gasteiger partial charge < -0.3 is 15.0 Å². The molecule has 2 rings (SSSR count). The van der Waals surface area contributed by atoms with E-state index in [1.165, 1.54) is 17.7 Å². The molecule has 1 N–H and O–H groups in total. The van der Waals surface area contributed by atoms with Crippen molar-refractivity contribution in [3.8, 4) is 0 Å². The van der Waals surface area contributed by atoms with Crippen molar-refractivity contribution in [3.05, 3.63) is 15.6 Å². The van der Waals surface area contributed by atoms with Crippen molar-refractivity contribution in [2.24, 2.45) is 10.9 Å². The average molecular weight is 310 g/mol. The van der Waals surface area contributed by atoms with Crippen molar-refractivity contribution in [2.45, 2.75) is 33.2 Å². The van der Waals surface area contributed by atoms with Crippen LogP contribution in [0, 0.1) is 19.8 Å². The SMILES string of the molecule is CN=C(NCc1sc(C)nc1C)N(C)CCOCC1CC1. The number of ether oxygens (including phenoxy) is 1. The van der Waals surface area contributed by atoms with Gasteiger partial charge in [-0.25, -0.2) is 4.98 Å². The first-order valence-corrected chi connectivity index (χ1v) is 8.34. The normalized spacial score (nSPS) is 15.3. The largest absolute Gasteiger partial charge is 0.379 e. The first-order chi connectivity index (χ1) is 10.1. The molecule has 0 saturated heterocycles. The van der Waals surface area contributed by atoms with E-state index in [4.69, 9.17) is 4.74 Å². The summed E-state index contributed by atoms with van der Waals surface area (Å²) in [7, 11) is 3.86. The van der Waals surface area contributed by atoms with E-state index in [2.05, 4.69) is 27.1 Å². The monoisotopic (exact) mass is 310 g/mol. The summed E-state index contributed by atoms with van der Waals surface area (Å²) in [5, 5.41) is 4.50. The highest BCUT2D eigenvalue weighted by Gasteiger charge is 2.21. The number of aromatic nitrogens is 1. The second kappa shape index (κ2) is 7.75. The van der Waals surface area contributed by atoms with E-state index < -0.39 is 0 Å². The van der Waals surface area contributed by atoms with Gasteiger partial charge in [0.2, 0.25) is 0 Å². The molecule has 0 aliphatic heterocycles. The molecule has 0 unspecified atom stereocenters. The average Bonchev–Trinajstić information content (AvgIpc) is 3.21. The molecule has 0 bridgehead atoms. The fourth-order valence-electron chi connectivity index (χ4n) is 2.12. The molecular weight excluding hydrogens is 284 g/mol. The van der Waals surface area contributed by atoms with Crippen LogP contribution in [0.1, 0.15) is 28.4 Å². The molecular formula is C15H26N4OS. The Labute approximate surface area is 131 Å². The maximum absolute atomic E-state index is 5.68. The lowest BCUT2D eigenvalue weighted by Crippen LogP contribution is -2.40. The van der Waals surface area contributed by atoms with Gasteiger partial charge in [-0.15, -0.1) is 11.3 Å². The second-order valence-corrected chi connectivity index (χ2v) is 6.87. The van der Waals surface area contributed by atoms with E-state index in [9.17, 15) is 0 Å². The van der Waals surface area contributed by atoms with Crippen LogP contribution in [0.15, 0.2) is 4.99 Å². The zero-order valence-electron chi connectivity index (χ0n) is 13.5. The highest BCUT2D eigenvalue weighted by atomic mass is 32.1. The van der Waals surface area contributed by atoms with Crippen LogP contribution in [0.4, 0.5) is 0 Å². The van der Waals surface area contributed by atoms with Crippen LogP contribution in [-0.2, 0) is 11.3 Å². The van der Waals surface area contributed by atoms with Crippen LogP contribution in [0.3, 0.4) is 0 Å². The first kappa shape index (κ1) is 16.2. The van der Waals surface area contributed by atoms with Crippen molar-refractivity contribution < 1.29 is 4.74 Å². The Balaban J connectivity index is 1.71. The summed E-state index contributed by atoms with van der Waals surface area (Å²) in [6.07, 6.45) is 2.68. The summed E-state index contributed by atoms with van der Waals surface area (Å²) in [5.74, 6) is 1.72. The van der Waals surface area contributed by atoms with Crippen molar-refractivity contribution in [3.63, 3.8) is 0 Å². The molecule has 1 aromatic rings. The van der Waals surface area contributed by atoms with Gasteiger partial charge in [-0.3, -0.25) is 4.99 Å². The van der Waals surface area contributed by atoms with Crippen LogP contribution >= 0.6 is 11.3 Å². The molecule has 1 fully saturated rings. The Kier molecular flexibility index (Phi) is 5.99. The van der Waals surface area contributed by atoms with Crippen LogP contribution in [0.2, 0.25) is 0 Å². The van der Waals surface area contributed by atoms with Crippen LogP contribution < -0.4 is 5.32 Å². The number of aryl methyl sites for hydroxylation is 2. The number of nitrogens with zero attached hydrogens (tertiary/aromatic N) is 3. The van der Waals surface area contributed by atoms with Gasteiger partial charge in [0.25, 0.3) is 0 Å². The summed E-state index contributed by atoms with van der Waals surface area (Å²) in [6.45, 7) is 7.40. The topological polar surface area (TPSA) is 49.8 Å². The zero-order valence-corrected chi connectivity index (χ0v) is 14.3. The van der Waals surface area contributed by atoms with Crippen LogP contribution in [0.5, 0.6) is 0 Å². The smallest absolute Gasteiger partial charge is 0.193 e. The molecule has 1 aliphatic rings. The van der Waals surface area contributed by atoms with Crippen LogP contribution in [0.25, 0.3) is 0 Å². The standard InChI is InChI=1S/C15H26N4OS/c1-11-14(21-12(2)18-11)9-17-15(16-3)19(4)7-8-20-10-13-5-6-13/h13H,5-10H2,1-4H3,(H,16,17). The second-order valence-electron chi connectivity index (χ2n) is 5.58. The summed E-state index contributed by atoms with van der Waals surface area (Å²) in [5.41, 5.74) is 1.11. The number of likely N-dealkylation sites (N-methyl/N-ethyl adjacent to an activating group) is 1. The third-order valence-electron chi connectivity index (χ3n) is 3.60. The van der Waals surface area contributed by atoms with E-state index in [0.717, 1.165) is 48.9 Å². The number of nitrogens with one attached hydrogen (secondary N) is 1. The first-order valence-electron chi connectivity index (χ1n) is 7.52. The number of hydrogen-bond donors (Lipinski definition) is 1. The summed E-state index contributed by atoms with van der Waals surface area (Å²) < 4.78 is 5.68. The van der Waals surface area contributed by atoms with Crippen molar-refractivity contribution in [1.82, 2.24) is 15.2 Å². The minimum Gasteiger partial charge on any atom is -0.379 e. The Morgan fingerprint density at radius 3 is 2.81 bits per heavy atom. The Morgan fingerprint density at radius 1 is 1.48 bits per heavy atom. The number of rotatable bonds is 7. The maximum atomic E-state index is 5.68. The van der Waals surface area contributed by atoms with Gasteiger partial charge in [-0.05, 0) is 32.6 Å². The molecule has 0 aromatic carbocycles. The van der Waals surface area contributed by atoms with E-state index in [-0.39, 0.29) is 0 Å². The van der Waals surface area contributed by atoms with E-state index in [1.54, 1.807) is 11.3 Å². The van der Waals surface area contributed by atoms with Gasteiger partial charge >= 0.3 is 0 Å². The number of aliphatic imine (C=N–C) groups is 1. The molecule has 0 radical (unpaired) electrons. The van der Waals surface area contributed by atoms with E-state index in [0.29, 0.717) is 0 Å². The fourth-order valence-corrected chi connectivity index (χ4v) is 3.00. The summed E-state index contributed by atoms with van der Waals surface area (Å²) in [6, 6.07) is 0. The summed E-state index contributed by atoms with van der Waals surface area (Å²) in [4.78, 5) is 12.2. The molecule has 21 heavy (non-hydrogen) atoms. The quantitative estimate of drug-likeness (QED) is 0.476. The van der Waals surface area contributed by atoms with Crippen molar-refractivity contribution >= 4 is 17.3 Å². The van der Waals surface area contributed by atoms with Gasteiger partial charge in [0.1, 0.15) is 0 Å². The van der Waals surface area contributed by atoms with Gasteiger partial charge in [0.05, 0.1) is 23.9 Å². The van der Waals surface area contributed by atoms with E-state index >= 15 is 0 Å². The Hall–Kier alpha value is -1.14. The highest BCUT2D eigenvalue weighted by Crippen LogP contribution is 2.28. The number of thiazole rings is 1. The molecule has 0 atom stereocenters. The molecule has 118 valence electrons.